The fraction of sp³-hybridized carbons (Fsp3) is 0.412. The fourth-order valence-corrected chi connectivity index (χ4v) is 3.96. The van der Waals surface area contributed by atoms with Gasteiger partial charge in [-0.3, -0.25) is 4.98 Å². The number of aromatic nitrogens is 1. The van der Waals surface area contributed by atoms with E-state index in [1.54, 1.807) is 6.07 Å². The highest BCUT2D eigenvalue weighted by molar-refractivity contribution is 5.88. The molecule has 1 aromatic rings. The standard InChI is InChI=1S/C17H18N2O2/c20-17(21)11-8-10-3-4-12-13-2-1-7-18-15(13)6-5-14(12)16(10)19-9-11/h5-6,8-9,12-13,18H,1-4,7H2,(H,20,21). The predicted molar refractivity (Wildman–Crippen MR) is 79.8 cm³/mol. The van der Waals surface area contributed by atoms with Crippen LogP contribution in [0.4, 0.5) is 0 Å². The normalized spacial score (nSPS) is 26.5. The molecule has 0 radical (unpaired) electrons. The summed E-state index contributed by atoms with van der Waals surface area (Å²) in [5, 5.41) is 12.6. The smallest absolute Gasteiger partial charge is 0.337 e. The molecule has 108 valence electrons. The first-order valence-corrected chi connectivity index (χ1v) is 7.62. The van der Waals surface area contributed by atoms with Gasteiger partial charge in [0.25, 0.3) is 0 Å². The van der Waals surface area contributed by atoms with Gasteiger partial charge in [-0.15, -0.1) is 0 Å². The number of pyridine rings is 1. The second kappa shape index (κ2) is 4.72. The van der Waals surface area contributed by atoms with E-state index in [2.05, 4.69) is 22.5 Å². The Bertz CT molecular complexity index is 675. The Kier molecular flexibility index (Phi) is 2.84. The summed E-state index contributed by atoms with van der Waals surface area (Å²) in [6, 6.07) is 1.79. The second-order valence-corrected chi connectivity index (χ2v) is 6.10. The van der Waals surface area contributed by atoms with Gasteiger partial charge in [-0.05, 0) is 54.9 Å². The van der Waals surface area contributed by atoms with Crippen molar-refractivity contribution in [2.24, 2.45) is 11.8 Å². The number of carbonyl (C=O) groups is 1. The van der Waals surface area contributed by atoms with Crippen LogP contribution in [0.15, 0.2) is 30.1 Å². The Hall–Kier alpha value is -2.10. The summed E-state index contributed by atoms with van der Waals surface area (Å²) in [4.78, 5) is 15.5. The molecule has 1 aliphatic heterocycles. The van der Waals surface area contributed by atoms with Crippen molar-refractivity contribution in [2.75, 3.05) is 6.54 Å². The number of nitrogens with one attached hydrogen (secondary N) is 1. The molecule has 0 saturated carbocycles. The molecule has 2 N–H and O–H groups in total. The molecule has 1 fully saturated rings. The minimum Gasteiger partial charge on any atom is -0.478 e. The van der Waals surface area contributed by atoms with Crippen molar-refractivity contribution in [2.45, 2.75) is 25.7 Å². The number of piperidine rings is 1. The van der Waals surface area contributed by atoms with E-state index >= 15 is 0 Å². The number of aryl methyl sites for hydroxylation is 1. The molecule has 1 saturated heterocycles. The van der Waals surface area contributed by atoms with E-state index in [1.807, 2.05) is 0 Å². The topological polar surface area (TPSA) is 62.2 Å². The van der Waals surface area contributed by atoms with Gasteiger partial charge in [0.15, 0.2) is 0 Å². The van der Waals surface area contributed by atoms with Crippen molar-refractivity contribution in [3.8, 4) is 0 Å². The molecule has 0 spiro atoms. The quantitative estimate of drug-likeness (QED) is 0.831. The molecule has 2 unspecified atom stereocenters. The summed E-state index contributed by atoms with van der Waals surface area (Å²) in [5.74, 6) is 0.227. The zero-order valence-corrected chi connectivity index (χ0v) is 11.8. The Labute approximate surface area is 123 Å². The predicted octanol–water partition coefficient (Wildman–Crippen LogP) is 2.62. The lowest BCUT2D eigenvalue weighted by molar-refractivity contribution is 0.0696. The first-order chi connectivity index (χ1) is 10.2. The molecule has 1 aromatic heterocycles. The number of fused-ring (bicyclic) bond motifs is 5. The summed E-state index contributed by atoms with van der Waals surface area (Å²) in [6.07, 6.45) is 10.3. The van der Waals surface area contributed by atoms with Crippen LogP contribution in [0.5, 0.6) is 0 Å². The van der Waals surface area contributed by atoms with Gasteiger partial charge in [-0.2, -0.15) is 0 Å². The monoisotopic (exact) mass is 282 g/mol. The molecular weight excluding hydrogens is 264 g/mol. The van der Waals surface area contributed by atoms with Gasteiger partial charge >= 0.3 is 5.97 Å². The van der Waals surface area contributed by atoms with Crippen LogP contribution in [0.1, 0.15) is 40.9 Å². The molecule has 3 aliphatic rings. The minimum atomic E-state index is -0.899. The fourth-order valence-electron chi connectivity index (χ4n) is 3.96. The third-order valence-corrected chi connectivity index (χ3v) is 4.96. The molecule has 2 aliphatic carbocycles. The second-order valence-electron chi connectivity index (χ2n) is 6.10. The van der Waals surface area contributed by atoms with Crippen LogP contribution in [0, 0.1) is 11.8 Å². The number of hydrogen-bond acceptors (Lipinski definition) is 3. The number of allylic oxidation sites excluding steroid dienone is 4. The van der Waals surface area contributed by atoms with E-state index in [4.69, 9.17) is 5.11 Å². The Balaban J connectivity index is 1.77. The van der Waals surface area contributed by atoms with Gasteiger partial charge in [0.1, 0.15) is 0 Å². The van der Waals surface area contributed by atoms with Crippen LogP contribution < -0.4 is 5.32 Å². The molecule has 2 atom stereocenters. The van der Waals surface area contributed by atoms with Crippen molar-refractivity contribution in [3.05, 3.63) is 46.9 Å². The maximum Gasteiger partial charge on any atom is 0.337 e. The molecule has 4 rings (SSSR count). The SMILES string of the molecule is O=C(O)c1cnc2c(c1)CCC1C2=CC=C2NCCCC21. The van der Waals surface area contributed by atoms with Gasteiger partial charge in [0.05, 0.1) is 11.3 Å². The summed E-state index contributed by atoms with van der Waals surface area (Å²) >= 11 is 0. The Morgan fingerprint density at radius 1 is 1.29 bits per heavy atom. The van der Waals surface area contributed by atoms with Crippen molar-refractivity contribution in [1.29, 1.82) is 0 Å². The van der Waals surface area contributed by atoms with E-state index in [1.165, 1.54) is 30.3 Å². The number of carboxylic acid groups (broad SMARTS) is 1. The highest BCUT2D eigenvalue weighted by Crippen LogP contribution is 2.45. The van der Waals surface area contributed by atoms with Crippen molar-refractivity contribution < 1.29 is 9.90 Å². The van der Waals surface area contributed by atoms with E-state index in [0.717, 1.165) is 30.6 Å². The Morgan fingerprint density at radius 3 is 3.05 bits per heavy atom. The van der Waals surface area contributed by atoms with Gasteiger partial charge in [0.2, 0.25) is 0 Å². The zero-order valence-electron chi connectivity index (χ0n) is 11.8. The summed E-state index contributed by atoms with van der Waals surface area (Å²) in [5.41, 5.74) is 5.06. The zero-order chi connectivity index (χ0) is 14.4. The van der Waals surface area contributed by atoms with Crippen molar-refractivity contribution in [1.82, 2.24) is 10.3 Å². The van der Waals surface area contributed by atoms with Gasteiger partial charge in [-0.25, -0.2) is 4.79 Å². The molecule has 0 bridgehead atoms. The molecule has 0 amide bonds. The number of hydrogen-bond donors (Lipinski definition) is 2. The summed E-state index contributed by atoms with van der Waals surface area (Å²) in [7, 11) is 0. The minimum absolute atomic E-state index is 0.291. The number of nitrogens with zero attached hydrogens (tertiary/aromatic N) is 1. The molecule has 2 heterocycles. The van der Waals surface area contributed by atoms with Crippen LogP contribution in [0.3, 0.4) is 0 Å². The third kappa shape index (κ3) is 1.97. The largest absolute Gasteiger partial charge is 0.478 e. The van der Waals surface area contributed by atoms with Crippen LogP contribution in [-0.2, 0) is 6.42 Å². The van der Waals surface area contributed by atoms with Crippen molar-refractivity contribution in [3.63, 3.8) is 0 Å². The molecule has 4 nitrogen and oxygen atoms in total. The molecular formula is C17H18N2O2. The van der Waals surface area contributed by atoms with Gasteiger partial charge in [-0.1, -0.05) is 6.08 Å². The van der Waals surface area contributed by atoms with Crippen LogP contribution in [0.2, 0.25) is 0 Å². The maximum atomic E-state index is 11.1. The van der Waals surface area contributed by atoms with E-state index in [9.17, 15) is 4.79 Å². The molecule has 0 aromatic carbocycles. The van der Waals surface area contributed by atoms with E-state index in [-0.39, 0.29) is 0 Å². The number of carboxylic acids is 1. The Morgan fingerprint density at radius 2 is 2.19 bits per heavy atom. The average molecular weight is 282 g/mol. The van der Waals surface area contributed by atoms with Crippen molar-refractivity contribution >= 4 is 11.5 Å². The lowest BCUT2D eigenvalue weighted by atomic mass is 9.69. The number of aromatic carboxylic acids is 1. The van der Waals surface area contributed by atoms with E-state index in [0.29, 0.717) is 17.4 Å². The number of rotatable bonds is 1. The van der Waals surface area contributed by atoms with Crippen LogP contribution >= 0.6 is 0 Å². The molecule has 4 heteroatoms. The van der Waals surface area contributed by atoms with Gasteiger partial charge in [0, 0.05) is 24.4 Å². The highest BCUT2D eigenvalue weighted by Gasteiger charge is 2.36. The summed E-state index contributed by atoms with van der Waals surface area (Å²) < 4.78 is 0. The maximum absolute atomic E-state index is 11.1. The lowest BCUT2D eigenvalue weighted by Gasteiger charge is -2.39. The average Bonchev–Trinajstić information content (AvgIpc) is 2.53. The molecule has 21 heavy (non-hydrogen) atoms. The lowest BCUT2D eigenvalue weighted by Crippen LogP contribution is -2.35. The first-order valence-electron chi connectivity index (χ1n) is 7.62. The van der Waals surface area contributed by atoms with Crippen LogP contribution in [0.25, 0.3) is 5.57 Å². The highest BCUT2D eigenvalue weighted by atomic mass is 16.4. The summed E-state index contributed by atoms with van der Waals surface area (Å²) in [6.45, 7) is 1.08. The third-order valence-electron chi connectivity index (χ3n) is 4.96. The first kappa shape index (κ1) is 12.6. The van der Waals surface area contributed by atoms with E-state index < -0.39 is 5.97 Å². The van der Waals surface area contributed by atoms with Gasteiger partial charge < -0.3 is 10.4 Å². The van der Waals surface area contributed by atoms with Crippen LogP contribution in [-0.4, -0.2) is 22.6 Å².